The summed E-state index contributed by atoms with van der Waals surface area (Å²) in [6, 6.07) is 0.212. The van der Waals surface area contributed by atoms with Gasteiger partial charge in [0.15, 0.2) is 5.84 Å². The van der Waals surface area contributed by atoms with E-state index in [1.165, 1.54) is 19.3 Å². The summed E-state index contributed by atoms with van der Waals surface area (Å²) in [6.45, 7) is 0.933. The maximum atomic E-state index is 12.7. The first-order valence-corrected chi connectivity index (χ1v) is 8.06. The second kappa shape index (κ2) is 7.64. The Hall–Kier alpha value is -1.30. The molecule has 2 aliphatic rings. The van der Waals surface area contributed by atoms with E-state index in [9.17, 15) is 4.79 Å². The lowest BCUT2D eigenvalue weighted by Crippen LogP contribution is -2.54. The van der Waals surface area contributed by atoms with Crippen molar-refractivity contribution < 1.29 is 14.7 Å². The largest absolute Gasteiger partial charge is 0.409 e. The number of nitrogens with zero attached hydrogens (tertiary/aromatic N) is 1. The zero-order valence-corrected chi connectivity index (χ0v) is 12.6. The predicted octanol–water partition coefficient (Wildman–Crippen LogP) is 1.76. The molecule has 120 valence electrons. The lowest BCUT2D eigenvalue weighted by molar-refractivity contribution is -0.132. The fraction of sp³-hybridized carbons (Fsp3) is 0.867. The monoisotopic (exact) mass is 297 g/mol. The van der Waals surface area contributed by atoms with Crippen molar-refractivity contribution >= 4 is 11.7 Å². The van der Waals surface area contributed by atoms with E-state index in [0.29, 0.717) is 26.1 Å². The quantitative estimate of drug-likeness (QED) is 0.320. The van der Waals surface area contributed by atoms with E-state index in [0.717, 1.165) is 25.7 Å². The summed E-state index contributed by atoms with van der Waals surface area (Å²) in [5, 5.41) is 15.3. The molecule has 0 bridgehead atoms. The molecule has 1 saturated carbocycles. The summed E-state index contributed by atoms with van der Waals surface area (Å²) >= 11 is 0. The molecule has 0 aromatic carbocycles. The van der Waals surface area contributed by atoms with E-state index >= 15 is 0 Å². The van der Waals surface area contributed by atoms with Gasteiger partial charge in [0.1, 0.15) is 5.41 Å². The average molecular weight is 297 g/mol. The van der Waals surface area contributed by atoms with Crippen molar-refractivity contribution in [3.8, 4) is 0 Å². The number of nitrogens with one attached hydrogen (secondary N) is 1. The van der Waals surface area contributed by atoms with E-state index in [1.54, 1.807) is 0 Å². The molecule has 0 atom stereocenters. The molecule has 0 aromatic rings. The van der Waals surface area contributed by atoms with Gasteiger partial charge in [-0.25, -0.2) is 0 Å². The molecule has 0 spiro atoms. The summed E-state index contributed by atoms with van der Waals surface area (Å²) in [5.74, 6) is -0.0965. The van der Waals surface area contributed by atoms with Crippen LogP contribution in [0.4, 0.5) is 0 Å². The van der Waals surface area contributed by atoms with Gasteiger partial charge in [-0.15, -0.1) is 0 Å². The van der Waals surface area contributed by atoms with E-state index in [-0.39, 0.29) is 17.8 Å². The molecule has 1 amide bonds. The Balaban J connectivity index is 2.03. The third-order valence-electron chi connectivity index (χ3n) is 4.82. The number of oxime groups is 1. The lowest BCUT2D eigenvalue weighted by atomic mass is 9.77. The Labute approximate surface area is 126 Å². The van der Waals surface area contributed by atoms with Crippen molar-refractivity contribution in [2.45, 2.75) is 63.8 Å². The highest BCUT2D eigenvalue weighted by atomic mass is 16.5. The van der Waals surface area contributed by atoms with Gasteiger partial charge in [0.05, 0.1) is 0 Å². The van der Waals surface area contributed by atoms with Gasteiger partial charge in [0.25, 0.3) is 0 Å². The minimum absolute atomic E-state index is 0.00847. The predicted molar refractivity (Wildman–Crippen MR) is 80.1 cm³/mol. The lowest BCUT2D eigenvalue weighted by Gasteiger charge is -2.36. The Morgan fingerprint density at radius 1 is 1.14 bits per heavy atom. The molecule has 0 radical (unpaired) electrons. The maximum absolute atomic E-state index is 12.7. The van der Waals surface area contributed by atoms with Crippen molar-refractivity contribution in [3.63, 3.8) is 0 Å². The highest BCUT2D eigenvalue weighted by Gasteiger charge is 2.45. The van der Waals surface area contributed by atoms with Gasteiger partial charge in [-0.3, -0.25) is 4.79 Å². The second-order valence-electron chi connectivity index (χ2n) is 6.20. The molecule has 1 aliphatic carbocycles. The summed E-state index contributed by atoms with van der Waals surface area (Å²) in [6.07, 6.45) is 9.09. The van der Waals surface area contributed by atoms with E-state index in [1.807, 2.05) is 0 Å². The van der Waals surface area contributed by atoms with E-state index < -0.39 is 5.41 Å². The van der Waals surface area contributed by atoms with Gasteiger partial charge in [-0.05, 0) is 25.7 Å². The molecule has 0 unspecified atom stereocenters. The summed E-state index contributed by atoms with van der Waals surface area (Å²) in [4.78, 5) is 12.7. The van der Waals surface area contributed by atoms with Gasteiger partial charge < -0.3 is 21.0 Å². The Morgan fingerprint density at radius 2 is 1.71 bits per heavy atom. The van der Waals surface area contributed by atoms with E-state index in [4.69, 9.17) is 15.7 Å². The molecule has 1 aliphatic heterocycles. The number of amidine groups is 1. The van der Waals surface area contributed by atoms with Gasteiger partial charge in [-0.2, -0.15) is 0 Å². The molecule has 2 fully saturated rings. The van der Waals surface area contributed by atoms with Gasteiger partial charge in [0, 0.05) is 19.3 Å². The van der Waals surface area contributed by atoms with Crippen LogP contribution < -0.4 is 11.1 Å². The Bertz CT molecular complexity index is 370. The van der Waals surface area contributed by atoms with Crippen LogP contribution in [0.2, 0.25) is 0 Å². The SMILES string of the molecule is NC(=NO)C1(C(=O)NC2CCCCCCC2)CCOCC1. The molecule has 6 heteroatoms. The average Bonchev–Trinajstić information content (AvgIpc) is 2.49. The van der Waals surface area contributed by atoms with Crippen molar-refractivity contribution in [1.29, 1.82) is 0 Å². The molecule has 21 heavy (non-hydrogen) atoms. The zero-order valence-electron chi connectivity index (χ0n) is 12.6. The number of amides is 1. The van der Waals surface area contributed by atoms with Crippen LogP contribution in [0.5, 0.6) is 0 Å². The van der Waals surface area contributed by atoms with Gasteiger partial charge in [0.2, 0.25) is 5.91 Å². The molecule has 0 aromatic heterocycles. The fourth-order valence-corrected chi connectivity index (χ4v) is 3.34. The Morgan fingerprint density at radius 3 is 2.29 bits per heavy atom. The summed E-state index contributed by atoms with van der Waals surface area (Å²) in [5.41, 5.74) is 4.92. The molecular weight excluding hydrogens is 270 g/mol. The minimum atomic E-state index is -0.907. The summed E-state index contributed by atoms with van der Waals surface area (Å²) in [7, 11) is 0. The number of carbonyl (C=O) groups excluding carboxylic acids is 1. The maximum Gasteiger partial charge on any atom is 0.234 e. The number of nitrogens with two attached hydrogens (primary N) is 1. The van der Waals surface area contributed by atoms with Crippen LogP contribution in [-0.4, -0.2) is 36.2 Å². The number of rotatable bonds is 3. The number of hydrogen-bond acceptors (Lipinski definition) is 4. The molecular formula is C15H27N3O3. The van der Waals surface area contributed by atoms with Crippen LogP contribution in [0.3, 0.4) is 0 Å². The number of carbonyl (C=O) groups is 1. The highest BCUT2D eigenvalue weighted by molar-refractivity contribution is 6.06. The molecule has 1 saturated heterocycles. The molecule has 2 rings (SSSR count). The zero-order chi connectivity index (χ0) is 15.1. The second-order valence-corrected chi connectivity index (χ2v) is 6.20. The minimum Gasteiger partial charge on any atom is -0.409 e. The molecule has 1 heterocycles. The van der Waals surface area contributed by atoms with E-state index in [2.05, 4.69) is 10.5 Å². The van der Waals surface area contributed by atoms with Gasteiger partial charge in [-0.1, -0.05) is 37.3 Å². The number of hydrogen-bond donors (Lipinski definition) is 3. The third kappa shape index (κ3) is 3.87. The molecule has 6 nitrogen and oxygen atoms in total. The van der Waals surface area contributed by atoms with Crippen LogP contribution in [0.25, 0.3) is 0 Å². The summed E-state index contributed by atoms with van der Waals surface area (Å²) < 4.78 is 5.32. The fourth-order valence-electron chi connectivity index (χ4n) is 3.34. The van der Waals surface area contributed by atoms with Crippen LogP contribution in [0.1, 0.15) is 57.8 Å². The van der Waals surface area contributed by atoms with Crippen LogP contribution in [0.15, 0.2) is 5.16 Å². The van der Waals surface area contributed by atoms with Gasteiger partial charge >= 0.3 is 0 Å². The van der Waals surface area contributed by atoms with Crippen molar-refractivity contribution in [2.24, 2.45) is 16.3 Å². The number of ether oxygens (including phenoxy) is 1. The Kier molecular flexibility index (Phi) is 5.85. The van der Waals surface area contributed by atoms with Crippen molar-refractivity contribution in [2.75, 3.05) is 13.2 Å². The van der Waals surface area contributed by atoms with Crippen LogP contribution in [-0.2, 0) is 9.53 Å². The van der Waals surface area contributed by atoms with Crippen LogP contribution >= 0.6 is 0 Å². The highest BCUT2D eigenvalue weighted by Crippen LogP contribution is 2.32. The first-order chi connectivity index (χ1) is 10.2. The molecule has 4 N–H and O–H groups in total. The first-order valence-electron chi connectivity index (χ1n) is 8.06. The standard InChI is InChI=1S/C15H27N3O3/c16-13(18-20)15(8-10-21-11-9-15)14(19)17-12-6-4-2-1-3-5-7-12/h12,20H,1-11H2,(H2,16,18)(H,17,19). The van der Waals surface area contributed by atoms with Crippen molar-refractivity contribution in [3.05, 3.63) is 0 Å². The topological polar surface area (TPSA) is 96.9 Å². The van der Waals surface area contributed by atoms with Crippen LogP contribution in [0, 0.1) is 5.41 Å². The third-order valence-corrected chi connectivity index (χ3v) is 4.82. The smallest absolute Gasteiger partial charge is 0.234 e. The van der Waals surface area contributed by atoms with Crippen molar-refractivity contribution in [1.82, 2.24) is 5.32 Å². The normalized spacial score (nSPS) is 24.9. The first kappa shape index (κ1) is 16.1.